The van der Waals surface area contributed by atoms with Crippen LogP contribution in [0.2, 0.25) is 0 Å². The molecule has 1 amide bonds. The molecule has 1 aliphatic heterocycles. The lowest BCUT2D eigenvalue weighted by Gasteiger charge is -2.38. The van der Waals surface area contributed by atoms with Crippen LogP contribution in [0.25, 0.3) is 10.9 Å². The standard InChI is InChI=1S/C23H26N2O6/c1-5-14-13-25(23(28)31-4)11-9-16(14)20(22(27)30-3)21(26)17-8-10-24-19-7-6-15(29-2)12-18(17)19/h5-8,10,12,14,16,20H,1,9,11,13H2,2-4H3/t14-,16+,20?/m0/s1. The predicted octanol–water partition coefficient (Wildman–Crippen LogP) is 3.11. The van der Waals surface area contributed by atoms with Crippen molar-refractivity contribution in [1.82, 2.24) is 9.88 Å². The zero-order valence-corrected chi connectivity index (χ0v) is 17.9. The van der Waals surface area contributed by atoms with Gasteiger partial charge >= 0.3 is 12.1 Å². The van der Waals surface area contributed by atoms with Gasteiger partial charge < -0.3 is 19.1 Å². The highest BCUT2D eigenvalue weighted by Gasteiger charge is 2.43. The Hall–Kier alpha value is -3.42. The number of pyridine rings is 1. The third-order valence-electron chi connectivity index (χ3n) is 5.83. The summed E-state index contributed by atoms with van der Waals surface area (Å²) in [5.74, 6) is -2.06. The van der Waals surface area contributed by atoms with E-state index in [1.54, 1.807) is 48.5 Å². The molecule has 1 aromatic carbocycles. The number of ether oxygens (including phenoxy) is 3. The summed E-state index contributed by atoms with van der Waals surface area (Å²) in [6.07, 6.45) is 3.21. The molecule has 8 nitrogen and oxygen atoms in total. The molecule has 1 fully saturated rings. The number of Topliss-reactive ketones (excluding diaryl/α,β-unsaturated/α-hetero) is 1. The number of benzene rings is 1. The Kier molecular flexibility index (Phi) is 6.89. The first kappa shape index (κ1) is 22.3. The van der Waals surface area contributed by atoms with E-state index in [-0.39, 0.29) is 17.6 Å². The molecule has 2 heterocycles. The molecule has 1 saturated heterocycles. The molecule has 0 N–H and O–H groups in total. The van der Waals surface area contributed by atoms with Crippen LogP contribution in [0.4, 0.5) is 4.79 Å². The number of carbonyl (C=O) groups excluding carboxylic acids is 3. The summed E-state index contributed by atoms with van der Waals surface area (Å²) in [5, 5.41) is 0.600. The number of rotatable bonds is 6. The number of aromatic nitrogens is 1. The van der Waals surface area contributed by atoms with Crippen LogP contribution in [0, 0.1) is 17.8 Å². The zero-order valence-electron chi connectivity index (χ0n) is 17.9. The first-order chi connectivity index (χ1) is 14.9. The number of amides is 1. The second kappa shape index (κ2) is 9.59. The Morgan fingerprint density at radius 1 is 1.19 bits per heavy atom. The van der Waals surface area contributed by atoms with Crippen molar-refractivity contribution in [2.24, 2.45) is 17.8 Å². The topological polar surface area (TPSA) is 95.0 Å². The van der Waals surface area contributed by atoms with Gasteiger partial charge in [0, 0.05) is 30.2 Å². The molecule has 0 spiro atoms. The van der Waals surface area contributed by atoms with Crippen LogP contribution in [-0.4, -0.2) is 62.1 Å². The number of likely N-dealkylation sites (tertiary alicyclic amines) is 1. The van der Waals surface area contributed by atoms with Crippen LogP contribution < -0.4 is 4.74 Å². The summed E-state index contributed by atoms with van der Waals surface area (Å²) < 4.78 is 15.1. The molecule has 0 aliphatic carbocycles. The van der Waals surface area contributed by atoms with Crippen LogP contribution in [0.3, 0.4) is 0 Å². The highest BCUT2D eigenvalue weighted by Crippen LogP contribution is 2.35. The second-order valence-corrected chi connectivity index (χ2v) is 7.37. The average molecular weight is 426 g/mol. The predicted molar refractivity (Wildman–Crippen MR) is 114 cm³/mol. The minimum absolute atomic E-state index is 0.275. The van der Waals surface area contributed by atoms with E-state index in [1.807, 2.05) is 0 Å². The van der Waals surface area contributed by atoms with Gasteiger partial charge in [-0.25, -0.2) is 4.79 Å². The quantitative estimate of drug-likeness (QED) is 0.303. The van der Waals surface area contributed by atoms with Crippen molar-refractivity contribution < 1.29 is 28.6 Å². The van der Waals surface area contributed by atoms with Crippen LogP contribution in [-0.2, 0) is 14.3 Å². The molecule has 164 valence electrons. The lowest BCUT2D eigenvalue weighted by atomic mass is 9.73. The Morgan fingerprint density at radius 3 is 2.61 bits per heavy atom. The zero-order chi connectivity index (χ0) is 22.5. The van der Waals surface area contributed by atoms with Crippen molar-refractivity contribution in [1.29, 1.82) is 0 Å². The SMILES string of the molecule is C=C[C@H]1CN(C(=O)OC)CC[C@H]1C(C(=O)OC)C(=O)c1ccnc2ccc(OC)cc12. The Balaban J connectivity index is 2.01. The molecule has 8 heteroatoms. The molecule has 1 unspecified atom stereocenters. The minimum Gasteiger partial charge on any atom is -0.497 e. The van der Waals surface area contributed by atoms with Crippen LogP contribution in [0.5, 0.6) is 5.75 Å². The summed E-state index contributed by atoms with van der Waals surface area (Å²) in [6, 6.07) is 6.86. The molecule has 3 atom stereocenters. The number of hydrogen-bond acceptors (Lipinski definition) is 7. The fraction of sp³-hybridized carbons (Fsp3) is 0.391. The number of carbonyl (C=O) groups is 3. The van der Waals surface area contributed by atoms with Gasteiger partial charge in [-0.2, -0.15) is 0 Å². The lowest BCUT2D eigenvalue weighted by molar-refractivity contribution is -0.146. The van der Waals surface area contributed by atoms with E-state index in [4.69, 9.17) is 14.2 Å². The van der Waals surface area contributed by atoms with E-state index in [2.05, 4.69) is 11.6 Å². The van der Waals surface area contributed by atoms with Gasteiger partial charge in [0.05, 0.1) is 26.8 Å². The maximum absolute atomic E-state index is 13.7. The third kappa shape index (κ3) is 4.38. The summed E-state index contributed by atoms with van der Waals surface area (Å²) in [5.41, 5.74) is 0.994. The normalized spacial score (nSPS) is 19.4. The molecular weight excluding hydrogens is 400 g/mol. The van der Waals surface area contributed by atoms with Crippen molar-refractivity contribution in [2.75, 3.05) is 34.4 Å². The summed E-state index contributed by atoms with van der Waals surface area (Å²) >= 11 is 0. The van der Waals surface area contributed by atoms with E-state index < -0.39 is 18.0 Å². The number of methoxy groups -OCH3 is 3. The molecule has 2 aromatic rings. The highest BCUT2D eigenvalue weighted by molar-refractivity contribution is 6.15. The van der Waals surface area contributed by atoms with Gasteiger partial charge in [0.2, 0.25) is 0 Å². The third-order valence-corrected chi connectivity index (χ3v) is 5.83. The van der Waals surface area contributed by atoms with E-state index in [0.29, 0.717) is 41.7 Å². The van der Waals surface area contributed by atoms with E-state index in [1.165, 1.54) is 14.2 Å². The van der Waals surface area contributed by atoms with Gasteiger partial charge in [-0.1, -0.05) is 6.08 Å². The van der Waals surface area contributed by atoms with Gasteiger partial charge in [0.15, 0.2) is 5.78 Å². The number of fused-ring (bicyclic) bond motifs is 1. The second-order valence-electron chi connectivity index (χ2n) is 7.37. The van der Waals surface area contributed by atoms with Crippen molar-refractivity contribution in [3.63, 3.8) is 0 Å². The van der Waals surface area contributed by atoms with Crippen molar-refractivity contribution in [3.05, 3.63) is 48.7 Å². The Labute approximate surface area is 180 Å². The summed E-state index contributed by atoms with van der Waals surface area (Å²) in [6.45, 7) is 4.54. The number of ketones is 1. The Morgan fingerprint density at radius 2 is 1.97 bits per heavy atom. The molecular formula is C23H26N2O6. The molecule has 3 rings (SSSR count). The maximum Gasteiger partial charge on any atom is 0.409 e. The molecule has 0 saturated carbocycles. The van der Waals surface area contributed by atoms with E-state index in [9.17, 15) is 14.4 Å². The van der Waals surface area contributed by atoms with Gasteiger partial charge in [-0.3, -0.25) is 14.6 Å². The number of piperidine rings is 1. The van der Waals surface area contributed by atoms with Gasteiger partial charge in [0.1, 0.15) is 11.7 Å². The molecule has 1 aromatic heterocycles. The summed E-state index contributed by atoms with van der Waals surface area (Å²) in [7, 11) is 4.13. The van der Waals surface area contributed by atoms with E-state index >= 15 is 0 Å². The van der Waals surface area contributed by atoms with Crippen LogP contribution >= 0.6 is 0 Å². The van der Waals surface area contributed by atoms with Gasteiger partial charge in [-0.05, 0) is 42.5 Å². The fourth-order valence-electron chi connectivity index (χ4n) is 4.20. The molecule has 1 aliphatic rings. The lowest BCUT2D eigenvalue weighted by Crippen LogP contribution is -2.48. The van der Waals surface area contributed by atoms with Gasteiger partial charge in [-0.15, -0.1) is 6.58 Å². The van der Waals surface area contributed by atoms with Crippen LogP contribution in [0.1, 0.15) is 16.8 Å². The fourth-order valence-corrected chi connectivity index (χ4v) is 4.20. The average Bonchev–Trinajstić information content (AvgIpc) is 2.82. The van der Waals surface area contributed by atoms with Crippen molar-refractivity contribution in [3.8, 4) is 5.75 Å². The summed E-state index contributed by atoms with van der Waals surface area (Å²) in [4.78, 5) is 44.3. The first-order valence-corrected chi connectivity index (χ1v) is 9.95. The highest BCUT2D eigenvalue weighted by atomic mass is 16.5. The maximum atomic E-state index is 13.7. The van der Waals surface area contributed by atoms with Gasteiger partial charge in [0.25, 0.3) is 0 Å². The molecule has 0 radical (unpaired) electrons. The Bertz CT molecular complexity index is 1000. The molecule has 0 bridgehead atoms. The van der Waals surface area contributed by atoms with Crippen molar-refractivity contribution in [2.45, 2.75) is 6.42 Å². The number of hydrogen-bond donors (Lipinski definition) is 0. The van der Waals surface area contributed by atoms with Crippen LogP contribution in [0.15, 0.2) is 43.1 Å². The smallest absolute Gasteiger partial charge is 0.409 e. The minimum atomic E-state index is -1.04. The largest absolute Gasteiger partial charge is 0.497 e. The monoisotopic (exact) mass is 426 g/mol. The van der Waals surface area contributed by atoms with Crippen molar-refractivity contribution >= 4 is 28.7 Å². The first-order valence-electron chi connectivity index (χ1n) is 9.95. The molecule has 31 heavy (non-hydrogen) atoms. The van der Waals surface area contributed by atoms with E-state index in [0.717, 1.165) is 0 Å². The number of esters is 1. The number of nitrogens with zero attached hydrogens (tertiary/aromatic N) is 2.